The predicted molar refractivity (Wildman–Crippen MR) is 238 cm³/mol. The predicted octanol–water partition coefficient (Wildman–Crippen LogP) is 8.72. The third kappa shape index (κ3) is 8.99. The molecular formula is C50H50N8O6. The number of ether oxygens (including phenoxy) is 2. The monoisotopic (exact) mass is 858 g/mol. The van der Waals surface area contributed by atoms with Crippen molar-refractivity contribution in [3.05, 3.63) is 144 Å². The standard InChI is InChI=1S/C50H50N8O6/c59-47(43(35-9-3-1-4-10-35)55-49(61)63-37-23-24-37)57-27-7-13-41(57)45-51-29-39(53-45)33-19-15-31(16-20-33)32-17-21-34(22-18-32)40-30-52-46(54-40)42-14-8-28-58(42)48(60)44(36-11-5-2-6-12-36)56-50(62)64-38-25-26-38/h1-6,9-12,15-22,29-30,37-38,41-44H,7-8,13-14,23-28H2,(H,51,53)(H,52,54)(H,55,61)(H,56,62)/t41-,42+,43-,44-/m1/s1. The minimum atomic E-state index is -0.866. The molecule has 2 saturated heterocycles. The Morgan fingerprint density at radius 2 is 0.891 bits per heavy atom. The maximum atomic E-state index is 14.1. The average Bonchev–Trinajstić information content (AvgIpc) is 3.96. The van der Waals surface area contributed by atoms with Gasteiger partial charge in [0, 0.05) is 13.1 Å². The summed E-state index contributed by atoms with van der Waals surface area (Å²) in [5.74, 6) is 1.04. The number of amides is 4. The van der Waals surface area contributed by atoms with Crippen LogP contribution in [0.3, 0.4) is 0 Å². The molecule has 326 valence electrons. The SMILES string of the molecule is O=C(N[C@@H](C(=O)N1CCC[C@@H]1c1ncc(-c2ccc(-c3ccc(-c4cnc([C@@H]5CCCN5C(=O)[C@H](NC(=O)OC5CC5)c5ccccc5)[nH]4)cc3)cc2)[nH]1)c1ccccc1)OC1CC1. The topological polar surface area (TPSA) is 175 Å². The lowest BCUT2D eigenvalue weighted by molar-refractivity contribution is -0.135. The second-order valence-corrected chi connectivity index (χ2v) is 17.1. The number of aromatic amines is 2. The van der Waals surface area contributed by atoms with Gasteiger partial charge < -0.3 is 39.9 Å². The first-order valence-electron chi connectivity index (χ1n) is 22.3. The van der Waals surface area contributed by atoms with E-state index in [1.165, 1.54) is 0 Å². The Morgan fingerprint density at radius 3 is 1.27 bits per heavy atom. The summed E-state index contributed by atoms with van der Waals surface area (Å²) < 4.78 is 10.9. The molecule has 0 radical (unpaired) electrons. The van der Waals surface area contributed by atoms with E-state index in [0.717, 1.165) is 85.0 Å². The Hall–Kier alpha value is -7.22. The van der Waals surface area contributed by atoms with Gasteiger partial charge >= 0.3 is 12.2 Å². The molecule has 4 N–H and O–H groups in total. The van der Waals surface area contributed by atoms with Crippen LogP contribution in [-0.2, 0) is 19.1 Å². The number of hydrogen-bond acceptors (Lipinski definition) is 8. The van der Waals surface area contributed by atoms with Crippen LogP contribution in [-0.4, -0.2) is 79.0 Å². The number of aromatic nitrogens is 4. The maximum absolute atomic E-state index is 14.1. The van der Waals surface area contributed by atoms with Gasteiger partial charge in [0.25, 0.3) is 11.8 Å². The number of benzene rings is 4. The summed E-state index contributed by atoms with van der Waals surface area (Å²) in [4.78, 5) is 73.7. The number of nitrogens with one attached hydrogen (secondary N) is 4. The van der Waals surface area contributed by atoms with Crippen LogP contribution in [0.1, 0.15) is 98.3 Å². The highest BCUT2D eigenvalue weighted by molar-refractivity contribution is 5.88. The number of rotatable bonds is 13. The maximum Gasteiger partial charge on any atom is 0.408 e. The number of H-pyrrole nitrogens is 2. The zero-order valence-electron chi connectivity index (χ0n) is 35.3. The quantitative estimate of drug-likeness (QED) is 0.0892. The van der Waals surface area contributed by atoms with Crippen LogP contribution in [0.5, 0.6) is 0 Å². The van der Waals surface area contributed by atoms with Gasteiger partial charge in [-0.1, -0.05) is 109 Å². The minimum absolute atomic E-state index is 0.0729. The van der Waals surface area contributed by atoms with Crippen molar-refractivity contribution in [1.82, 2.24) is 40.4 Å². The van der Waals surface area contributed by atoms with Gasteiger partial charge in [-0.05, 0) is 84.7 Å². The second kappa shape index (κ2) is 17.9. The number of hydrogen-bond donors (Lipinski definition) is 4. The number of alkyl carbamates (subject to hydrolysis) is 2. The normalized spacial score (nSPS) is 19.2. The first-order valence-corrected chi connectivity index (χ1v) is 22.3. The van der Waals surface area contributed by atoms with Gasteiger partial charge in [-0.3, -0.25) is 9.59 Å². The van der Waals surface area contributed by atoms with Crippen LogP contribution in [0.2, 0.25) is 0 Å². The molecule has 4 heterocycles. The van der Waals surface area contributed by atoms with Gasteiger partial charge in [-0.2, -0.15) is 0 Å². The van der Waals surface area contributed by atoms with Crippen LogP contribution in [0.25, 0.3) is 33.6 Å². The molecule has 14 nitrogen and oxygen atoms in total. The molecule has 10 rings (SSSR count). The molecule has 2 aliphatic carbocycles. The van der Waals surface area contributed by atoms with E-state index < -0.39 is 24.3 Å². The highest BCUT2D eigenvalue weighted by atomic mass is 16.6. The molecule has 0 bridgehead atoms. The molecule has 0 spiro atoms. The molecule has 4 fully saturated rings. The van der Waals surface area contributed by atoms with Crippen LogP contribution in [0.4, 0.5) is 9.59 Å². The van der Waals surface area contributed by atoms with Crippen LogP contribution in [0, 0.1) is 0 Å². The van der Waals surface area contributed by atoms with E-state index >= 15 is 0 Å². The highest BCUT2D eigenvalue weighted by Crippen LogP contribution is 2.37. The van der Waals surface area contributed by atoms with E-state index in [4.69, 9.17) is 19.4 Å². The lowest BCUT2D eigenvalue weighted by Crippen LogP contribution is -2.43. The molecule has 4 aliphatic rings. The molecule has 4 atom stereocenters. The fourth-order valence-electron chi connectivity index (χ4n) is 8.80. The molecule has 4 aromatic carbocycles. The number of carbonyl (C=O) groups excluding carboxylic acids is 4. The Kier molecular flexibility index (Phi) is 11.4. The molecular weight excluding hydrogens is 809 g/mol. The summed E-state index contributed by atoms with van der Waals surface area (Å²) in [7, 11) is 0. The van der Waals surface area contributed by atoms with E-state index in [0.29, 0.717) is 35.9 Å². The summed E-state index contributed by atoms with van der Waals surface area (Å²) in [5.41, 5.74) is 7.14. The van der Waals surface area contributed by atoms with E-state index in [1.807, 2.05) is 82.9 Å². The Labute approximate surface area is 370 Å². The van der Waals surface area contributed by atoms with Crippen molar-refractivity contribution in [3.63, 3.8) is 0 Å². The third-order valence-corrected chi connectivity index (χ3v) is 12.5. The van der Waals surface area contributed by atoms with Gasteiger partial charge in [0.1, 0.15) is 35.9 Å². The highest BCUT2D eigenvalue weighted by Gasteiger charge is 2.39. The summed E-state index contributed by atoms with van der Waals surface area (Å²) >= 11 is 0. The molecule has 0 unspecified atom stereocenters. The molecule has 4 amide bonds. The number of carbonyl (C=O) groups is 4. The third-order valence-electron chi connectivity index (χ3n) is 12.5. The van der Waals surface area contributed by atoms with Crippen LogP contribution >= 0.6 is 0 Å². The second-order valence-electron chi connectivity index (χ2n) is 17.1. The van der Waals surface area contributed by atoms with Crippen molar-refractivity contribution >= 4 is 24.0 Å². The summed E-state index contributed by atoms with van der Waals surface area (Å²) in [6.45, 7) is 1.12. The smallest absolute Gasteiger partial charge is 0.408 e. The van der Waals surface area contributed by atoms with Gasteiger partial charge in [0.2, 0.25) is 0 Å². The fraction of sp³-hybridized carbons (Fsp3) is 0.320. The molecule has 14 heteroatoms. The van der Waals surface area contributed by atoms with Crippen molar-refractivity contribution < 1.29 is 28.7 Å². The van der Waals surface area contributed by atoms with Crippen molar-refractivity contribution in [2.24, 2.45) is 0 Å². The zero-order valence-corrected chi connectivity index (χ0v) is 35.3. The molecule has 2 aromatic heterocycles. The lowest BCUT2D eigenvalue weighted by Gasteiger charge is -2.28. The summed E-state index contributed by atoms with van der Waals surface area (Å²) in [6, 6.07) is 32.9. The van der Waals surface area contributed by atoms with E-state index in [2.05, 4.69) is 69.1 Å². The van der Waals surface area contributed by atoms with Crippen molar-refractivity contribution in [2.45, 2.75) is 87.7 Å². The fourth-order valence-corrected chi connectivity index (χ4v) is 8.80. The van der Waals surface area contributed by atoms with E-state index in [9.17, 15) is 19.2 Å². The Bertz CT molecular complexity index is 2420. The largest absolute Gasteiger partial charge is 0.446 e. The molecule has 2 saturated carbocycles. The van der Waals surface area contributed by atoms with Gasteiger partial charge in [-0.25, -0.2) is 19.6 Å². The van der Waals surface area contributed by atoms with Crippen LogP contribution in [0.15, 0.2) is 122 Å². The van der Waals surface area contributed by atoms with Crippen molar-refractivity contribution in [3.8, 4) is 33.6 Å². The molecule has 6 aromatic rings. The van der Waals surface area contributed by atoms with Crippen molar-refractivity contribution in [2.75, 3.05) is 13.1 Å². The lowest BCUT2D eigenvalue weighted by atomic mass is 10.0. The van der Waals surface area contributed by atoms with Gasteiger partial charge in [0.05, 0.1) is 35.9 Å². The minimum Gasteiger partial charge on any atom is -0.446 e. The number of imidazole rings is 2. The first-order chi connectivity index (χ1) is 31.3. The number of nitrogens with zero attached hydrogens (tertiary/aromatic N) is 4. The van der Waals surface area contributed by atoms with E-state index in [1.54, 1.807) is 0 Å². The van der Waals surface area contributed by atoms with Gasteiger partial charge in [0.15, 0.2) is 0 Å². The van der Waals surface area contributed by atoms with E-state index in [-0.39, 0.29) is 36.1 Å². The Morgan fingerprint density at radius 1 is 0.516 bits per heavy atom. The zero-order chi connectivity index (χ0) is 43.6. The Balaban J connectivity index is 0.790. The van der Waals surface area contributed by atoms with Gasteiger partial charge in [-0.15, -0.1) is 0 Å². The summed E-state index contributed by atoms with van der Waals surface area (Å²) in [5, 5.41) is 5.67. The average molecular weight is 859 g/mol. The first kappa shape index (κ1) is 40.8. The number of likely N-dealkylation sites (tertiary alicyclic amines) is 2. The molecule has 2 aliphatic heterocycles. The summed E-state index contributed by atoms with van der Waals surface area (Å²) in [6.07, 6.45) is 8.88. The molecule has 64 heavy (non-hydrogen) atoms. The van der Waals surface area contributed by atoms with Crippen LogP contribution < -0.4 is 10.6 Å². The van der Waals surface area contributed by atoms with Crippen molar-refractivity contribution in [1.29, 1.82) is 0 Å².